The van der Waals surface area contributed by atoms with Crippen molar-refractivity contribution in [3.05, 3.63) is 77.8 Å². The second kappa shape index (κ2) is 6.21. The first-order valence-electron chi connectivity index (χ1n) is 5.96. The van der Waals surface area contributed by atoms with E-state index in [4.69, 9.17) is 11.6 Å². The predicted molar refractivity (Wildman–Crippen MR) is 79.8 cm³/mol. The molecule has 0 bridgehead atoms. The second-order valence-corrected chi connectivity index (χ2v) is 4.48. The third-order valence-electron chi connectivity index (χ3n) is 2.72. The van der Waals surface area contributed by atoms with Gasteiger partial charge in [-0.1, -0.05) is 35.9 Å². The van der Waals surface area contributed by atoms with Crippen LogP contribution in [0.4, 0.5) is 5.69 Å². The minimum Gasteiger partial charge on any atom is -0.305 e. The van der Waals surface area contributed by atoms with Crippen LogP contribution >= 0.6 is 11.6 Å². The number of hydrogen-bond acceptors (Lipinski definition) is 1. The molecule has 0 aromatic heterocycles. The molecule has 2 nitrogen and oxygen atoms in total. The fourth-order valence-corrected chi connectivity index (χ4v) is 1.92. The van der Waals surface area contributed by atoms with Crippen molar-refractivity contribution in [2.45, 2.75) is 0 Å². The molecular weight excluding hydrogens is 258 g/mol. The fourth-order valence-electron chi connectivity index (χ4n) is 1.79. The second-order valence-electron chi connectivity index (χ2n) is 4.05. The first-order chi connectivity index (χ1) is 9.22. The molecule has 0 N–H and O–H groups in total. The van der Waals surface area contributed by atoms with Crippen molar-refractivity contribution in [2.75, 3.05) is 11.4 Å². The van der Waals surface area contributed by atoms with E-state index in [0.717, 1.165) is 5.69 Å². The van der Waals surface area contributed by atoms with Gasteiger partial charge in [-0.15, -0.1) is 6.58 Å². The summed E-state index contributed by atoms with van der Waals surface area (Å²) in [5.41, 5.74) is 1.46. The number of amides is 1. The molecule has 0 saturated heterocycles. The maximum Gasteiger partial charge on any atom is 0.258 e. The Morgan fingerprint density at radius 1 is 1.11 bits per heavy atom. The highest BCUT2D eigenvalue weighted by molar-refractivity contribution is 6.30. The summed E-state index contributed by atoms with van der Waals surface area (Å²) < 4.78 is 0. The van der Waals surface area contributed by atoms with Crippen molar-refractivity contribution in [1.82, 2.24) is 0 Å². The van der Waals surface area contributed by atoms with Gasteiger partial charge in [0.25, 0.3) is 5.91 Å². The van der Waals surface area contributed by atoms with Gasteiger partial charge in [-0.2, -0.15) is 0 Å². The van der Waals surface area contributed by atoms with Gasteiger partial charge in [0.15, 0.2) is 0 Å². The number of rotatable bonds is 4. The van der Waals surface area contributed by atoms with E-state index < -0.39 is 0 Å². The Kier molecular flexibility index (Phi) is 4.37. The Balaban J connectivity index is 2.32. The van der Waals surface area contributed by atoms with Crippen LogP contribution in [0.3, 0.4) is 0 Å². The number of anilines is 1. The molecule has 0 aliphatic rings. The average Bonchev–Trinajstić information content (AvgIpc) is 2.46. The molecule has 3 heteroatoms. The summed E-state index contributed by atoms with van der Waals surface area (Å²) in [7, 11) is 0. The van der Waals surface area contributed by atoms with Crippen LogP contribution < -0.4 is 4.90 Å². The highest BCUT2D eigenvalue weighted by Gasteiger charge is 2.15. The normalized spacial score (nSPS) is 9.95. The van der Waals surface area contributed by atoms with Gasteiger partial charge in [-0.05, 0) is 36.4 Å². The Morgan fingerprint density at radius 2 is 1.74 bits per heavy atom. The van der Waals surface area contributed by atoms with Crippen LogP contribution in [0.1, 0.15) is 10.4 Å². The summed E-state index contributed by atoms with van der Waals surface area (Å²) in [6.07, 6.45) is 1.70. The molecule has 2 aromatic rings. The molecule has 0 heterocycles. The molecule has 19 heavy (non-hydrogen) atoms. The van der Waals surface area contributed by atoms with E-state index >= 15 is 0 Å². The van der Waals surface area contributed by atoms with Gasteiger partial charge in [0.2, 0.25) is 0 Å². The molecular formula is C16H14ClNO. The number of carbonyl (C=O) groups excluding carboxylic acids is 1. The van der Waals surface area contributed by atoms with Crippen molar-refractivity contribution >= 4 is 23.2 Å². The van der Waals surface area contributed by atoms with E-state index in [-0.39, 0.29) is 5.91 Å². The molecule has 0 aliphatic heterocycles. The first kappa shape index (κ1) is 13.4. The van der Waals surface area contributed by atoms with Crippen molar-refractivity contribution in [3.63, 3.8) is 0 Å². The van der Waals surface area contributed by atoms with E-state index in [1.807, 2.05) is 30.3 Å². The lowest BCUT2D eigenvalue weighted by atomic mass is 10.2. The van der Waals surface area contributed by atoms with Crippen molar-refractivity contribution in [1.29, 1.82) is 0 Å². The molecule has 0 unspecified atom stereocenters. The summed E-state index contributed by atoms with van der Waals surface area (Å²) in [5.74, 6) is -0.0529. The molecule has 0 radical (unpaired) electrons. The zero-order valence-electron chi connectivity index (χ0n) is 10.4. The fraction of sp³-hybridized carbons (Fsp3) is 0.0625. The third kappa shape index (κ3) is 3.24. The third-order valence-corrected chi connectivity index (χ3v) is 2.97. The SMILES string of the molecule is C=CCN(C(=O)c1ccccc1)c1ccc(Cl)cc1. The average molecular weight is 272 g/mol. The Labute approximate surface area is 117 Å². The van der Waals surface area contributed by atoms with Gasteiger partial charge >= 0.3 is 0 Å². The minimum absolute atomic E-state index is 0.0529. The summed E-state index contributed by atoms with van der Waals surface area (Å²) >= 11 is 5.87. The lowest BCUT2D eigenvalue weighted by Crippen LogP contribution is -2.30. The maximum atomic E-state index is 12.5. The number of carbonyl (C=O) groups is 1. The summed E-state index contributed by atoms with van der Waals surface area (Å²) in [6.45, 7) is 4.15. The largest absolute Gasteiger partial charge is 0.305 e. The molecule has 1 amide bonds. The van der Waals surface area contributed by atoms with Gasteiger partial charge in [0, 0.05) is 22.8 Å². The number of halogens is 1. The Bertz CT molecular complexity index is 563. The maximum absolute atomic E-state index is 12.5. The molecule has 0 atom stereocenters. The van der Waals surface area contributed by atoms with E-state index in [1.54, 1.807) is 35.2 Å². The lowest BCUT2D eigenvalue weighted by Gasteiger charge is -2.21. The highest BCUT2D eigenvalue weighted by atomic mass is 35.5. The first-order valence-corrected chi connectivity index (χ1v) is 6.33. The summed E-state index contributed by atoms with van der Waals surface area (Å²) in [4.78, 5) is 14.1. The van der Waals surface area contributed by atoms with E-state index in [2.05, 4.69) is 6.58 Å². The molecule has 2 rings (SSSR count). The number of nitrogens with zero attached hydrogens (tertiary/aromatic N) is 1. The van der Waals surface area contributed by atoms with Crippen LogP contribution in [0.15, 0.2) is 67.3 Å². The van der Waals surface area contributed by atoms with Crippen LogP contribution in [-0.4, -0.2) is 12.5 Å². The number of hydrogen-bond donors (Lipinski definition) is 0. The van der Waals surface area contributed by atoms with E-state index in [9.17, 15) is 4.79 Å². The zero-order valence-corrected chi connectivity index (χ0v) is 11.2. The van der Waals surface area contributed by atoms with Crippen molar-refractivity contribution in [3.8, 4) is 0 Å². The quantitative estimate of drug-likeness (QED) is 0.764. The standard InChI is InChI=1S/C16H14ClNO/c1-2-12-18(15-10-8-14(17)9-11-15)16(19)13-6-4-3-5-7-13/h2-11H,1,12H2. The Morgan fingerprint density at radius 3 is 2.32 bits per heavy atom. The summed E-state index contributed by atoms with van der Waals surface area (Å²) in [6, 6.07) is 16.4. The summed E-state index contributed by atoms with van der Waals surface area (Å²) in [5, 5.41) is 0.648. The molecule has 0 fully saturated rings. The van der Waals surface area contributed by atoms with Crippen LogP contribution in [0, 0.1) is 0 Å². The Hall–Kier alpha value is -2.06. The molecule has 0 spiro atoms. The van der Waals surface area contributed by atoms with Crippen molar-refractivity contribution in [2.24, 2.45) is 0 Å². The van der Waals surface area contributed by atoms with Crippen LogP contribution in [0.5, 0.6) is 0 Å². The topological polar surface area (TPSA) is 20.3 Å². The molecule has 0 aliphatic carbocycles. The monoisotopic (exact) mass is 271 g/mol. The van der Waals surface area contributed by atoms with Crippen LogP contribution in [-0.2, 0) is 0 Å². The lowest BCUT2D eigenvalue weighted by molar-refractivity contribution is 0.0989. The van der Waals surface area contributed by atoms with Crippen molar-refractivity contribution < 1.29 is 4.79 Å². The van der Waals surface area contributed by atoms with Gasteiger partial charge in [-0.3, -0.25) is 4.79 Å². The van der Waals surface area contributed by atoms with E-state index in [0.29, 0.717) is 17.1 Å². The molecule has 0 saturated carbocycles. The highest BCUT2D eigenvalue weighted by Crippen LogP contribution is 2.20. The van der Waals surface area contributed by atoms with Gasteiger partial charge in [0.05, 0.1) is 0 Å². The van der Waals surface area contributed by atoms with Crippen LogP contribution in [0.2, 0.25) is 5.02 Å². The smallest absolute Gasteiger partial charge is 0.258 e. The molecule has 96 valence electrons. The molecule has 2 aromatic carbocycles. The zero-order chi connectivity index (χ0) is 13.7. The minimum atomic E-state index is -0.0529. The predicted octanol–water partition coefficient (Wildman–Crippen LogP) is 4.17. The van der Waals surface area contributed by atoms with Gasteiger partial charge < -0.3 is 4.90 Å². The number of benzene rings is 2. The van der Waals surface area contributed by atoms with Crippen LogP contribution in [0.25, 0.3) is 0 Å². The van der Waals surface area contributed by atoms with Gasteiger partial charge in [0.1, 0.15) is 0 Å². The van der Waals surface area contributed by atoms with Gasteiger partial charge in [-0.25, -0.2) is 0 Å². The van der Waals surface area contributed by atoms with E-state index in [1.165, 1.54) is 0 Å².